The lowest BCUT2D eigenvalue weighted by atomic mass is 10.1. The highest BCUT2D eigenvalue weighted by Crippen LogP contribution is 2.40. The van der Waals surface area contributed by atoms with E-state index in [0.717, 1.165) is 29.9 Å². The molecule has 7 heteroatoms. The fourth-order valence-corrected chi connectivity index (χ4v) is 4.98. The average molecular weight is 424 g/mol. The number of nitrogens with zero attached hydrogens (tertiary/aromatic N) is 1. The lowest BCUT2D eigenvalue weighted by Crippen LogP contribution is -2.34. The van der Waals surface area contributed by atoms with Crippen LogP contribution in [0.5, 0.6) is 0 Å². The molecule has 3 rings (SSSR count). The van der Waals surface area contributed by atoms with Gasteiger partial charge in [-0.3, -0.25) is 9.59 Å². The zero-order valence-electron chi connectivity index (χ0n) is 15.7. The number of hydrogen-bond acceptors (Lipinski definition) is 4. The number of carbonyl (C=O) groups is 2. The van der Waals surface area contributed by atoms with Crippen LogP contribution in [0.15, 0.2) is 36.4 Å². The Morgan fingerprint density at radius 2 is 2.25 bits per heavy atom. The van der Waals surface area contributed by atoms with E-state index in [1.807, 2.05) is 29.2 Å². The second-order valence-corrected chi connectivity index (χ2v) is 9.08. The van der Waals surface area contributed by atoms with E-state index >= 15 is 0 Å². The maximum absolute atomic E-state index is 12.2. The van der Waals surface area contributed by atoms with Crippen LogP contribution in [0.25, 0.3) is 0 Å². The summed E-state index contributed by atoms with van der Waals surface area (Å²) in [6.45, 7) is 0.660. The van der Waals surface area contributed by atoms with Crippen molar-refractivity contribution >= 4 is 35.2 Å². The molecule has 1 aromatic rings. The number of halogens is 1. The van der Waals surface area contributed by atoms with Gasteiger partial charge in [0.05, 0.1) is 18.1 Å². The first-order chi connectivity index (χ1) is 13.4. The van der Waals surface area contributed by atoms with Crippen LogP contribution in [0.4, 0.5) is 0 Å². The molecular formula is C21H26ClNO4S. The molecule has 2 fully saturated rings. The summed E-state index contributed by atoms with van der Waals surface area (Å²) in [5.41, 5.74) is 0.972. The van der Waals surface area contributed by atoms with Crippen molar-refractivity contribution in [1.82, 2.24) is 4.90 Å². The normalized spacial score (nSPS) is 25.4. The van der Waals surface area contributed by atoms with Crippen LogP contribution < -0.4 is 0 Å². The number of aliphatic carboxylic acids is 1. The van der Waals surface area contributed by atoms with Crippen molar-refractivity contribution in [1.29, 1.82) is 0 Å². The molecular weight excluding hydrogens is 398 g/mol. The summed E-state index contributed by atoms with van der Waals surface area (Å²) in [6.07, 6.45) is 5.66. The Balaban J connectivity index is 1.42. The second kappa shape index (κ2) is 9.81. The zero-order chi connectivity index (χ0) is 20.1. The van der Waals surface area contributed by atoms with Gasteiger partial charge in [-0.1, -0.05) is 35.9 Å². The highest BCUT2D eigenvalue weighted by atomic mass is 35.5. The van der Waals surface area contributed by atoms with Gasteiger partial charge in [-0.25, -0.2) is 0 Å². The minimum Gasteiger partial charge on any atom is -0.481 e. The van der Waals surface area contributed by atoms with Crippen LogP contribution in [0.3, 0.4) is 0 Å². The van der Waals surface area contributed by atoms with Crippen molar-refractivity contribution in [2.24, 2.45) is 11.8 Å². The molecule has 1 heterocycles. The molecule has 0 spiro atoms. The smallest absolute Gasteiger partial charge is 0.306 e. The van der Waals surface area contributed by atoms with Gasteiger partial charge in [-0.15, -0.1) is 0 Å². The van der Waals surface area contributed by atoms with Gasteiger partial charge in [0.2, 0.25) is 5.91 Å². The molecule has 152 valence electrons. The minimum atomic E-state index is -0.693. The Hall–Kier alpha value is -1.50. The summed E-state index contributed by atoms with van der Waals surface area (Å²) in [5.74, 6) is 1.23. The van der Waals surface area contributed by atoms with Gasteiger partial charge in [-0.05, 0) is 42.2 Å². The average Bonchev–Trinajstić information content (AvgIpc) is 3.34. The molecule has 28 heavy (non-hydrogen) atoms. The maximum atomic E-state index is 12.2. The summed E-state index contributed by atoms with van der Waals surface area (Å²) in [4.78, 5) is 24.9. The summed E-state index contributed by atoms with van der Waals surface area (Å²) in [5, 5.41) is 19.9. The van der Waals surface area contributed by atoms with Crippen molar-refractivity contribution < 1.29 is 19.8 Å². The molecule has 2 unspecified atom stereocenters. The predicted octanol–water partition coefficient (Wildman–Crippen LogP) is 3.24. The number of carboxylic acid groups (broad SMARTS) is 1. The molecule has 5 nitrogen and oxygen atoms in total. The van der Waals surface area contributed by atoms with E-state index in [4.69, 9.17) is 16.7 Å². The zero-order valence-corrected chi connectivity index (χ0v) is 17.2. The number of hydrogen-bond donors (Lipinski definition) is 2. The van der Waals surface area contributed by atoms with E-state index in [2.05, 4.69) is 0 Å². The molecule has 0 bridgehead atoms. The summed E-state index contributed by atoms with van der Waals surface area (Å²) >= 11 is 7.70. The lowest BCUT2D eigenvalue weighted by molar-refractivity contribution is -0.138. The molecule has 0 aromatic heterocycles. The molecule has 1 aromatic carbocycles. The van der Waals surface area contributed by atoms with Gasteiger partial charge in [0, 0.05) is 30.2 Å². The standard InChI is InChI=1S/C21H26ClNO4S/c22-16-3-1-2-14(10-16)11-18(24)6-4-17-5-7-20(25)23(17)8-9-28-13-15-12-19(15)21(26)27/h1-4,6,10,15,17-19,24H,5,7-9,11-13H2,(H,26,27)/t15?,17-,18+,19?/m0/s1. The largest absolute Gasteiger partial charge is 0.481 e. The summed E-state index contributed by atoms with van der Waals surface area (Å²) in [6, 6.07) is 7.47. The van der Waals surface area contributed by atoms with Crippen LogP contribution in [0, 0.1) is 11.8 Å². The second-order valence-electron chi connectivity index (χ2n) is 7.49. The first-order valence-corrected chi connectivity index (χ1v) is 11.2. The molecule has 2 aliphatic rings. The van der Waals surface area contributed by atoms with Gasteiger partial charge < -0.3 is 15.1 Å². The molecule has 1 aliphatic heterocycles. The van der Waals surface area contributed by atoms with Crippen molar-refractivity contribution in [3.05, 3.63) is 47.0 Å². The molecule has 1 saturated carbocycles. The van der Waals surface area contributed by atoms with Crippen LogP contribution >= 0.6 is 23.4 Å². The number of rotatable bonds is 10. The third-order valence-electron chi connectivity index (χ3n) is 5.31. The number of aliphatic hydroxyl groups excluding tert-OH is 1. The predicted molar refractivity (Wildman–Crippen MR) is 112 cm³/mol. The van der Waals surface area contributed by atoms with Crippen LogP contribution in [0.2, 0.25) is 5.02 Å². The molecule has 1 aliphatic carbocycles. The van der Waals surface area contributed by atoms with E-state index in [-0.39, 0.29) is 23.8 Å². The van der Waals surface area contributed by atoms with E-state index in [9.17, 15) is 14.7 Å². The van der Waals surface area contributed by atoms with E-state index in [1.165, 1.54) is 0 Å². The Morgan fingerprint density at radius 1 is 1.43 bits per heavy atom. The molecule has 1 saturated heterocycles. The third-order valence-corrected chi connectivity index (χ3v) is 6.68. The summed E-state index contributed by atoms with van der Waals surface area (Å²) < 4.78 is 0. The number of aliphatic hydroxyl groups is 1. The van der Waals surface area contributed by atoms with Crippen LogP contribution in [0.1, 0.15) is 24.8 Å². The van der Waals surface area contributed by atoms with E-state index in [1.54, 1.807) is 23.9 Å². The number of thioether (sulfide) groups is 1. The summed E-state index contributed by atoms with van der Waals surface area (Å²) in [7, 11) is 0. The van der Waals surface area contributed by atoms with Crippen molar-refractivity contribution in [3.63, 3.8) is 0 Å². The maximum Gasteiger partial charge on any atom is 0.306 e. The van der Waals surface area contributed by atoms with Gasteiger partial charge in [-0.2, -0.15) is 11.8 Å². The fourth-order valence-electron chi connectivity index (χ4n) is 3.61. The first kappa shape index (κ1) is 21.2. The van der Waals surface area contributed by atoms with Gasteiger partial charge in [0.25, 0.3) is 0 Å². The van der Waals surface area contributed by atoms with Gasteiger partial charge >= 0.3 is 5.97 Å². The molecule has 1 amide bonds. The monoisotopic (exact) mass is 423 g/mol. The quantitative estimate of drug-likeness (QED) is 0.446. The number of carboxylic acids is 1. The van der Waals surface area contributed by atoms with Crippen LogP contribution in [-0.4, -0.2) is 57.2 Å². The van der Waals surface area contributed by atoms with Crippen molar-refractivity contribution in [2.75, 3.05) is 18.1 Å². The first-order valence-electron chi connectivity index (χ1n) is 9.65. The molecule has 0 radical (unpaired) electrons. The number of amides is 1. The highest BCUT2D eigenvalue weighted by molar-refractivity contribution is 7.99. The molecule has 2 N–H and O–H groups in total. The van der Waals surface area contributed by atoms with Gasteiger partial charge in [0.15, 0.2) is 0 Å². The Labute approximate surface area is 174 Å². The Bertz CT molecular complexity index is 741. The SMILES string of the molecule is O=C(O)C1CC1CSCCN1C(=O)CC[C@@H]1C=C[C@@H](O)Cc1cccc(Cl)c1. The van der Waals surface area contributed by atoms with Crippen molar-refractivity contribution in [3.8, 4) is 0 Å². The topological polar surface area (TPSA) is 77.8 Å². The Morgan fingerprint density at radius 3 is 2.96 bits per heavy atom. The highest BCUT2D eigenvalue weighted by Gasteiger charge is 2.42. The Kier molecular flexibility index (Phi) is 7.43. The van der Waals surface area contributed by atoms with E-state index in [0.29, 0.717) is 24.4 Å². The van der Waals surface area contributed by atoms with Gasteiger partial charge in [0.1, 0.15) is 0 Å². The number of likely N-dealkylation sites (tertiary alicyclic amines) is 1. The van der Waals surface area contributed by atoms with E-state index < -0.39 is 12.1 Å². The molecule has 4 atom stereocenters. The number of benzene rings is 1. The van der Waals surface area contributed by atoms with Crippen molar-refractivity contribution in [2.45, 2.75) is 37.8 Å². The minimum absolute atomic E-state index is 0.0230. The van der Waals surface area contributed by atoms with Crippen LogP contribution in [-0.2, 0) is 16.0 Å². The number of carbonyl (C=O) groups excluding carboxylic acids is 1. The third kappa shape index (κ3) is 6.00. The lowest BCUT2D eigenvalue weighted by Gasteiger charge is -2.22. The fraction of sp³-hybridized carbons (Fsp3) is 0.524.